The number of ether oxygens (including phenoxy) is 2. The van der Waals surface area contributed by atoms with Crippen molar-refractivity contribution < 1.29 is 19.1 Å². The molecule has 2 saturated heterocycles. The summed E-state index contributed by atoms with van der Waals surface area (Å²) in [5, 5.41) is 3.17. The lowest BCUT2D eigenvalue weighted by atomic mass is 10.1. The Hall–Kier alpha value is -2.12. The van der Waals surface area contributed by atoms with Crippen LogP contribution in [0.4, 0.5) is 0 Å². The van der Waals surface area contributed by atoms with Gasteiger partial charge in [0.05, 0.1) is 18.8 Å². The van der Waals surface area contributed by atoms with Crippen LogP contribution in [0.3, 0.4) is 0 Å². The molecule has 0 bridgehead atoms. The predicted octanol–water partition coefficient (Wildman–Crippen LogP) is 0.358. The number of nitrogens with one attached hydrogen (secondary N) is 1. The van der Waals surface area contributed by atoms with Crippen LogP contribution in [-0.4, -0.2) is 80.2 Å². The smallest absolute Gasteiger partial charge is 0.257 e. The molecule has 1 atom stereocenters. The van der Waals surface area contributed by atoms with Gasteiger partial charge in [0.2, 0.25) is 0 Å². The van der Waals surface area contributed by atoms with E-state index < -0.39 is 6.10 Å². The molecule has 2 heterocycles. The van der Waals surface area contributed by atoms with E-state index in [2.05, 4.69) is 5.32 Å². The average Bonchev–Trinajstić information content (AvgIpc) is 2.68. The van der Waals surface area contributed by atoms with Crippen molar-refractivity contribution in [3.05, 3.63) is 29.8 Å². The Morgan fingerprint density at radius 1 is 1.20 bits per heavy atom. The van der Waals surface area contributed by atoms with Crippen LogP contribution < -0.4 is 10.1 Å². The van der Waals surface area contributed by atoms with Crippen LogP contribution >= 0.6 is 0 Å². The molecule has 25 heavy (non-hydrogen) atoms. The summed E-state index contributed by atoms with van der Waals surface area (Å²) in [7, 11) is 0. The van der Waals surface area contributed by atoms with Crippen molar-refractivity contribution in [3.63, 3.8) is 0 Å². The van der Waals surface area contributed by atoms with Crippen molar-refractivity contribution >= 4 is 11.8 Å². The van der Waals surface area contributed by atoms with Gasteiger partial charge >= 0.3 is 0 Å². The Balaban J connectivity index is 1.58. The third-order valence-electron chi connectivity index (χ3n) is 4.50. The minimum atomic E-state index is -0.408. The zero-order valence-corrected chi connectivity index (χ0v) is 14.6. The number of carbonyl (C=O) groups excluding carboxylic acids is 2. The van der Waals surface area contributed by atoms with Gasteiger partial charge in [-0.1, -0.05) is 12.1 Å². The molecule has 0 spiro atoms. The van der Waals surface area contributed by atoms with Crippen molar-refractivity contribution in [2.45, 2.75) is 13.0 Å². The van der Waals surface area contributed by atoms with E-state index in [1.807, 2.05) is 25.1 Å². The molecule has 1 aromatic carbocycles. The summed E-state index contributed by atoms with van der Waals surface area (Å²) in [5.74, 6) is 0.566. The SMILES string of the molecule is CCOc1ccccc1C(=O)N1CCN(C(=O)C2CNCCO2)CC1. The largest absolute Gasteiger partial charge is 0.493 e. The number of nitrogens with zero attached hydrogens (tertiary/aromatic N) is 2. The Labute approximate surface area is 147 Å². The second-order valence-corrected chi connectivity index (χ2v) is 6.11. The first-order valence-electron chi connectivity index (χ1n) is 8.83. The summed E-state index contributed by atoms with van der Waals surface area (Å²) in [4.78, 5) is 28.8. The molecular weight excluding hydrogens is 322 g/mol. The number of carbonyl (C=O) groups is 2. The fraction of sp³-hybridized carbons (Fsp3) is 0.556. The summed E-state index contributed by atoms with van der Waals surface area (Å²) in [6.45, 7) is 6.41. The van der Waals surface area contributed by atoms with Crippen molar-refractivity contribution in [1.29, 1.82) is 0 Å². The lowest BCUT2D eigenvalue weighted by Gasteiger charge is -2.37. The van der Waals surface area contributed by atoms with Crippen molar-refractivity contribution in [2.24, 2.45) is 0 Å². The van der Waals surface area contributed by atoms with E-state index in [0.717, 1.165) is 6.54 Å². The van der Waals surface area contributed by atoms with Gasteiger partial charge in [-0.05, 0) is 19.1 Å². The first kappa shape index (κ1) is 17.7. The highest BCUT2D eigenvalue weighted by molar-refractivity contribution is 5.97. The zero-order valence-electron chi connectivity index (χ0n) is 14.6. The first-order valence-corrected chi connectivity index (χ1v) is 8.83. The summed E-state index contributed by atoms with van der Waals surface area (Å²) in [6.07, 6.45) is -0.408. The molecular formula is C18H25N3O4. The lowest BCUT2D eigenvalue weighted by molar-refractivity contribution is -0.146. The molecule has 2 aliphatic heterocycles. The van der Waals surface area contributed by atoms with E-state index in [9.17, 15) is 9.59 Å². The molecule has 1 aromatic rings. The maximum atomic E-state index is 12.8. The molecule has 7 nitrogen and oxygen atoms in total. The minimum absolute atomic E-state index is 0.00835. The number of hydrogen-bond acceptors (Lipinski definition) is 5. The Morgan fingerprint density at radius 3 is 2.60 bits per heavy atom. The van der Waals surface area contributed by atoms with Crippen molar-refractivity contribution in [2.75, 3.05) is 52.5 Å². The number of piperazine rings is 1. The number of benzene rings is 1. The van der Waals surface area contributed by atoms with Gasteiger partial charge in [-0.3, -0.25) is 9.59 Å². The standard InChI is InChI=1S/C18H25N3O4/c1-2-24-15-6-4-3-5-14(15)17(22)20-8-10-21(11-9-20)18(23)16-13-19-7-12-25-16/h3-6,16,19H,2,7-13H2,1H3. The fourth-order valence-corrected chi connectivity index (χ4v) is 3.15. The van der Waals surface area contributed by atoms with Crippen molar-refractivity contribution in [1.82, 2.24) is 15.1 Å². The molecule has 0 aromatic heterocycles. The number of morpholine rings is 1. The van der Waals surface area contributed by atoms with Crippen LogP contribution in [0.1, 0.15) is 17.3 Å². The first-order chi connectivity index (χ1) is 12.2. The van der Waals surface area contributed by atoms with Gasteiger partial charge in [0.25, 0.3) is 11.8 Å². The van der Waals surface area contributed by atoms with E-state index in [1.54, 1.807) is 15.9 Å². The summed E-state index contributed by atoms with van der Waals surface area (Å²) in [5.41, 5.74) is 0.573. The normalized spacial score (nSPS) is 21.1. The van der Waals surface area contributed by atoms with Gasteiger partial charge in [-0.25, -0.2) is 0 Å². The molecule has 0 radical (unpaired) electrons. The van der Waals surface area contributed by atoms with Crippen LogP contribution in [0.2, 0.25) is 0 Å². The number of hydrogen-bond donors (Lipinski definition) is 1. The van der Waals surface area contributed by atoms with E-state index in [4.69, 9.17) is 9.47 Å². The quantitative estimate of drug-likeness (QED) is 0.851. The van der Waals surface area contributed by atoms with Gasteiger partial charge in [0, 0.05) is 39.3 Å². The van der Waals surface area contributed by atoms with Crippen LogP contribution in [0.25, 0.3) is 0 Å². The van der Waals surface area contributed by atoms with Crippen molar-refractivity contribution in [3.8, 4) is 5.75 Å². The van der Waals surface area contributed by atoms with Gasteiger partial charge in [0.1, 0.15) is 11.9 Å². The number of amides is 2. The Kier molecular flexibility index (Phi) is 5.88. The van der Waals surface area contributed by atoms with Crippen LogP contribution in [0.5, 0.6) is 5.75 Å². The highest BCUT2D eigenvalue weighted by atomic mass is 16.5. The topological polar surface area (TPSA) is 71.1 Å². The molecule has 1 unspecified atom stereocenters. The maximum absolute atomic E-state index is 12.8. The molecule has 2 amide bonds. The molecule has 7 heteroatoms. The van der Waals surface area contributed by atoms with E-state index in [-0.39, 0.29) is 11.8 Å². The van der Waals surface area contributed by atoms with E-state index in [1.165, 1.54) is 0 Å². The fourth-order valence-electron chi connectivity index (χ4n) is 3.15. The monoisotopic (exact) mass is 347 g/mol. The number of rotatable bonds is 4. The van der Waals surface area contributed by atoms with Crippen LogP contribution in [0.15, 0.2) is 24.3 Å². The van der Waals surface area contributed by atoms with E-state index in [0.29, 0.717) is 57.3 Å². The minimum Gasteiger partial charge on any atom is -0.493 e. The average molecular weight is 347 g/mol. The summed E-state index contributed by atoms with van der Waals surface area (Å²) < 4.78 is 11.1. The maximum Gasteiger partial charge on any atom is 0.257 e. The molecule has 136 valence electrons. The lowest BCUT2D eigenvalue weighted by Crippen LogP contribution is -2.56. The molecule has 1 N–H and O–H groups in total. The molecule has 3 rings (SSSR count). The van der Waals surface area contributed by atoms with Crippen LogP contribution in [-0.2, 0) is 9.53 Å². The zero-order chi connectivity index (χ0) is 17.6. The number of para-hydroxylation sites is 1. The second kappa shape index (κ2) is 8.31. The molecule has 2 aliphatic rings. The molecule has 0 saturated carbocycles. The Morgan fingerprint density at radius 2 is 1.92 bits per heavy atom. The van der Waals surface area contributed by atoms with Gasteiger partial charge in [0.15, 0.2) is 0 Å². The molecule has 2 fully saturated rings. The third-order valence-corrected chi connectivity index (χ3v) is 4.50. The second-order valence-electron chi connectivity index (χ2n) is 6.11. The summed E-state index contributed by atoms with van der Waals surface area (Å²) in [6, 6.07) is 7.29. The van der Waals surface area contributed by atoms with Gasteiger partial charge < -0.3 is 24.6 Å². The predicted molar refractivity (Wildman–Crippen MR) is 92.7 cm³/mol. The third kappa shape index (κ3) is 4.11. The van der Waals surface area contributed by atoms with Crippen LogP contribution in [0, 0.1) is 0 Å². The Bertz CT molecular complexity index is 608. The van der Waals surface area contributed by atoms with E-state index >= 15 is 0 Å². The van der Waals surface area contributed by atoms with Gasteiger partial charge in [-0.2, -0.15) is 0 Å². The highest BCUT2D eigenvalue weighted by Crippen LogP contribution is 2.21. The van der Waals surface area contributed by atoms with Gasteiger partial charge in [-0.15, -0.1) is 0 Å². The summed E-state index contributed by atoms with van der Waals surface area (Å²) >= 11 is 0. The molecule has 0 aliphatic carbocycles. The highest BCUT2D eigenvalue weighted by Gasteiger charge is 2.31.